The van der Waals surface area contributed by atoms with Crippen LogP contribution in [0.1, 0.15) is 5.56 Å². The average Bonchev–Trinajstić information content (AvgIpc) is 3.28. The number of benzene rings is 2. The van der Waals surface area contributed by atoms with Crippen molar-refractivity contribution in [3.63, 3.8) is 0 Å². The molecule has 4 aromatic rings. The van der Waals surface area contributed by atoms with E-state index in [1.54, 1.807) is 36.3 Å². The van der Waals surface area contributed by atoms with Gasteiger partial charge in [0.15, 0.2) is 0 Å². The minimum atomic E-state index is -1.55. The van der Waals surface area contributed by atoms with Crippen LogP contribution in [0.3, 0.4) is 0 Å². The summed E-state index contributed by atoms with van der Waals surface area (Å²) in [6.45, 7) is 0.185. The Morgan fingerprint density at radius 2 is 1.87 bits per heavy atom. The lowest BCUT2D eigenvalue weighted by atomic mass is 10.1. The standard InChI is InChI=1S/C21H19F3N4OS/c1-27-10-15(9-26-27)13-2-3-14(17(23)6-13)11-28-12-20(30(29)5-4-25)21-18(24)7-16(22)8-19(21)28/h2-3,6-10,12H,4-5,11,25H2,1H3. The van der Waals surface area contributed by atoms with Gasteiger partial charge in [-0.15, -0.1) is 0 Å². The smallest absolute Gasteiger partial charge is 0.136 e. The molecular weight excluding hydrogens is 413 g/mol. The molecule has 0 amide bonds. The summed E-state index contributed by atoms with van der Waals surface area (Å²) in [5.74, 6) is -1.89. The van der Waals surface area contributed by atoms with Gasteiger partial charge in [0.25, 0.3) is 0 Å². The lowest BCUT2D eigenvalue weighted by molar-refractivity contribution is 0.589. The normalized spacial score (nSPS) is 12.6. The molecule has 0 fully saturated rings. The summed E-state index contributed by atoms with van der Waals surface area (Å²) in [6.07, 6.45) is 4.89. The topological polar surface area (TPSA) is 65.8 Å². The van der Waals surface area contributed by atoms with Gasteiger partial charge in [-0.25, -0.2) is 13.2 Å². The van der Waals surface area contributed by atoms with E-state index in [0.29, 0.717) is 11.1 Å². The van der Waals surface area contributed by atoms with Crippen LogP contribution in [0.4, 0.5) is 13.2 Å². The van der Waals surface area contributed by atoms with Crippen LogP contribution in [0.25, 0.3) is 22.0 Å². The van der Waals surface area contributed by atoms with Crippen molar-refractivity contribution in [1.82, 2.24) is 14.3 Å². The van der Waals surface area contributed by atoms with Crippen LogP contribution < -0.4 is 5.73 Å². The highest BCUT2D eigenvalue weighted by atomic mass is 32.2. The molecule has 5 nitrogen and oxygen atoms in total. The first kappa shape index (κ1) is 20.4. The van der Waals surface area contributed by atoms with Gasteiger partial charge in [-0.2, -0.15) is 5.10 Å². The Balaban J connectivity index is 1.76. The van der Waals surface area contributed by atoms with Crippen molar-refractivity contribution in [3.8, 4) is 11.1 Å². The van der Waals surface area contributed by atoms with E-state index in [2.05, 4.69) is 5.10 Å². The molecular formula is C21H19F3N4OS. The molecule has 4 rings (SSSR count). The SMILES string of the molecule is Cn1cc(-c2ccc(Cn3cc(S(=O)CCN)c4c(F)cc(F)cc43)c(F)c2)cn1. The fourth-order valence-electron chi connectivity index (χ4n) is 3.44. The molecule has 2 heterocycles. The molecule has 2 N–H and O–H groups in total. The molecule has 156 valence electrons. The summed E-state index contributed by atoms with van der Waals surface area (Å²) in [6, 6.07) is 6.68. The summed E-state index contributed by atoms with van der Waals surface area (Å²) >= 11 is 0. The Hall–Kier alpha value is -2.91. The van der Waals surface area contributed by atoms with Gasteiger partial charge >= 0.3 is 0 Å². The van der Waals surface area contributed by atoms with Crippen LogP contribution in [0.5, 0.6) is 0 Å². The molecule has 0 saturated carbocycles. The maximum absolute atomic E-state index is 14.8. The summed E-state index contributed by atoms with van der Waals surface area (Å²) in [7, 11) is 0.219. The van der Waals surface area contributed by atoms with E-state index < -0.39 is 28.3 Å². The van der Waals surface area contributed by atoms with Crippen LogP contribution in [0, 0.1) is 17.5 Å². The number of halogens is 3. The maximum atomic E-state index is 14.8. The van der Waals surface area contributed by atoms with Gasteiger partial charge in [-0.1, -0.05) is 12.1 Å². The summed E-state index contributed by atoms with van der Waals surface area (Å²) in [5.41, 5.74) is 7.47. The highest BCUT2D eigenvalue weighted by Crippen LogP contribution is 2.30. The van der Waals surface area contributed by atoms with Gasteiger partial charge in [0.05, 0.1) is 39.3 Å². The van der Waals surface area contributed by atoms with Crippen LogP contribution in [0.2, 0.25) is 0 Å². The van der Waals surface area contributed by atoms with E-state index >= 15 is 0 Å². The third kappa shape index (κ3) is 3.78. The predicted molar refractivity (Wildman–Crippen MR) is 110 cm³/mol. The van der Waals surface area contributed by atoms with Gasteiger partial charge in [-0.3, -0.25) is 8.89 Å². The van der Waals surface area contributed by atoms with Crippen LogP contribution in [-0.2, 0) is 24.4 Å². The zero-order valence-corrected chi connectivity index (χ0v) is 16.9. The zero-order valence-electron chi connectivity index (χ0n) is 16.1. The minimum absolute atomic E-state index is 0.0262. The van der Waals surface area contributed by atoms with Gasteiger partial charge < -0.3 is 10.3 Å². The number of aryl methyl sites for hydroxylation is 1. The quantitative estimate of drug-likeness (QED) is 0.507. The first-order valence-corrected chi connectivity index (χ1v) is 10.5. The van der Waals surface area contributed by atoms with Crippen molar-refractivity contribution in [2.75, 3.05) is 12.3 Å². The molecule has 0 aliphatic carbocycles. The van der Waals surface area contributed by atoms with Gasteiger partial charge in [-0.05, 0) is 17.7 Å². The largest absolute Gasteiger partial charge is 0.342 e. The summed E-state index contributed by atoms with van der Waals surface area (Å²) in [4.78, 5) is 0.223. The first-order chi connectivity index (χ1) is 14.4. The Morgan fingerprint density at radius 1 is 1.07 bits per heavy atom. The lowest BCUT2D eigenvalue weighted by Crippen LogP contribution is -2.10. The third-order valence-electron chi connectivity index (χ3n) is 4.84. The van der Waals surface area contributed by atoms with Crippen LogP contribution >= 0.6 is 0 Å². The van der Waals surface area contributed by atoms with Crippen molar-refractivity contribution >= 4 is 21.7 Å². The number of rotatable bonds is 6. The lowest BCUT2D eigenvalue weighted by Gasteiger charge is -2.08. The average molecular weight is 432 g/mol. The Labute approximate surface area is 173 Å². The van der Waals surface area contributed by atoms with Crippen LogP contribution in [0.15, 0.2) is 53.8 Å². The molecule has 0 saturated heterocycles. The number of nitrogens with two attached hydrogens (primary N) is 1. The fraction of sp³-hybridized carbons (Fsp3) is 0.190. The minimum Gasteiger partial charge on any atom is -0.342 e. The summed E-state index contributed by atoms with van der Waals surface area (Å²) in [5, 5.41) is 4.14. The van der Waals surface area contributed by atoms with Gasteiger partial charge in [0.2, 0.25) is 0 Å². The van der Waals surface area contributed by atoms with E-state index in [0.717, 1.165) is 17.7 Å². The molecule has 9 heteroatoms. The van der Waals surface area contributed by atoms with E-state index in [1.165, 1.54) is 16.8 Å². The van der Waals surface area contributed by atoms with E-state index in [-0.39, 0.29) is 34.6 Å². The highest BCUT2D eigenvalue weighted by Gasteiger charge is 2.19. The number of hydrogen-bond acceptors (Lipinski definition) is 3. The number of fused-ring (bicyclic) bond motifs is 1. The predicted octanol–water partition coefficient (Wildman–Crippen LogP) is 3.57. The Morgan fingerprint density at radius 3 is 2.53 bits per heavy atom. The number of nitrogens with zero attached hydrogens (tertiary/aromatic N) is 3. The van der Waals surface area contributed by atoms with Crippen molar-refractivity contribution in [1.29, 1.82) is 0 Å². The molecule has 0 bridgehead atoms. The number of aromatic nitrogens is 3. The van der Waals surface area contributed by atoms with Crippen molar-refractivity contribution in [2.24, 2.45) is 12.8 Å². The van der Waals surface area contributed by atoms with E-state index in [4.69, 9.17) is 5.73 Å². The number of hydrogen-bond donors (Lipinski definition) is 1. The van der Waals surface area contributed by atoms with Gasteiger partial charge in [0, 0.05) is 48.9 Å². The summed E-state index contributed by atoms with van der Waals surface area (Å²) < 4.78 is 58.8. The van der Waals surface area contributed by atoms with Crippen molar-refractivity contribution in [3.05, 3.63) is 71.9 Å². The molecule has 0 spiro atoms. The first-order valence-electron chi connectivity index (χ1n) is 9.21. The molecule has 2 aromatic carbocycles. The molecule has 30 heavy (non-hydrogen) atoms. The molecule has 1 atom stereocenters. The molecule has 0 aliphatic rings. The molecule has 1 unspecified atom stereocenters. The zero-order chi connectivity index (χ0) is 21.4. The van der Waals surface area contributed by atoms with E-state index in [1.807, 2.05) is 0 Å². The second-order valence-corrected chi connectivity index (χ2v) is 8.49. The molecule has 0 aliphatic heterocycles. The monoisotopic (exact) mass is 432 g/mol. The van der Waals surface area contributed by atoms with Crippen molar-refractivity contribution < 1.29 is 17.4 Å². The van der Waals surface area contributed by atoms with Crippen molar-refractivity contribution in [2.45, 2.75) is 11.4 Å². The molecule has 0 radical (unpaired) electrons. The maximum Gasteiger partial charge on any atom is 0.136 e. The molecule has 2 aromatic heterocycles. The van der Waals surface area contributed by atoms with Crippen LogP contribution in [-0.4, -0.2) is 30.9 Å². The highest BCUT2D eigenvalue weighted by molar-refractivity contribution is 7.85. The Kier molecular flexibility index (Phi) is 5.48. The van der Waals surface area contributed by atoms with E-state index in [9.17, 15) is 17.4 Å². The fourth-order valence-corrected chi connectivity index (χ4v) is 4.54. The third-order valence-corrected chi connectivity index (χ3v) is 6.25. The Bertz CT molecular complexity index is 1260. The second-order valence-electron chi connectivity index (χ2n) is 6.95. The van der Waals surface area contributed by atoms with Gasteiger partial charge in [0.1, 0.15) is 17.5 Å². The second kappa shape index (κ2) is 8.08.